The van der Waals surface area contributed by atoms with Gasteiger partial charge in [0.15, 0.2) is 0 Å². The smallest absolute Gasteiger partial charge is 0.272 e. The number of aromatic nitrogens is 1. The number of carbonyl (C=O) groups excluding carboxylic acids is 1. The summed E-state index contributed by atoms with van der Waals surface area (Å²) in [5, 5.41) is 3.51. The van der Waals surface area contributed by atoms with Crippen molar-refractivity contribution in [2.45, 2.75) is 18.9 Å². The van der Waals surface area contributed by atoms with Gasteiger partial charge in [-0.2, -0.15) is 0 Å². The lowest BCUT2D eigenvalue weighted by atomic mass is 10.3. The number of nitrogens with zero attached hydrogens (tertiary/aromatic N) is 1. The Balaban J connectivity index is 1.90. The Morgan fingerprint density at radius 1 is 1.29 bits per heavy atom. The number of nitrogen functional groups attached to an aromatic ring is 1. The van der Waals surface area contributed by atoms with Gasteiger partial charge in [0.1, 0.15) is 5.69 Å². The number of rotatable bonds is 3. The minimum absolute atomic E-state index is 0.273. The van der Waals surface area contributed by atoms with Gasteiger partial charge in [0.2, 0.25) is 0 Å². The van der Waals surface area contributed by atoms with E-state index in [0.717, 1.165) is 17.3 Å². The molecule has 1 amide bonds. The Morgan fingerprint density at radius 3 is 2.48 bits per heavy atom. The third kappa shape index (κ3) is 3.05. The van der Waals surface area contributed by atoms with Crippen molar-refractivity contribution in [2.75, 3.05) is 11.1 Å². The van der Waals surface area contributed by atoms with Crippen LogP contribution < -0.4 is 11.1 Å². The summed E-state index contributed by atoms with van der Waals surface area (Å²) in [4.78, 5) is 12.5. The van der Waals surface area contributed by atoms with Gasteiger partial charge in [-0.25, -0.2) is 0 Å². The molecule has 4 nitrogen and oxygen atoms in total. The number of benzene rings is 1. The topological polar surface area (TPSA) is 60.1 Å². The molecule has 0 aliphatic heterocycles. The highest BCUT2D eigenvalue weighted by Crippen LogP contribution is 2.38. The Bertz CT molecular complexity index is 702. The number of amides is 1. The van der Waals surface area contributed by atoms with E-state index < -0.39 is 0 Å². The maximum Gasteiger partial charge on any atom is 0.272 e. The van der Waals surface area contributed by atoms with Crippen LogP contribution in [0, 0.1) is 0 Å². The molecule has 1 aliphatic rings. The van der Waals surface area contributed by atoms with Crippen molar-refractivity contribution in [3.63, 3.8) is 0 Å². The van der Waals surface area contributed by atoms with Crippen molar-refractivity contribution < 1.29 is 4.79 Å². The van der Waals surface area contributed by atoms with Gasteiger partial charge in [-0.05, 0) is 31.0 Å². The molecule has 0 saturated heterocycles. The van der Waals surface area contributed by atoms with Gasteiger partial charge in [0, 0.05) is 16.7 Å². The highest BCUT2D eigenvalue weighted by Gasteiger charge is 2.28. The lowest BCUT2D eigenvalue weighted by Gasteiger charge is -2.11. The third-order valence-electron chi connectivity index (χ3n) is 3.29. The highest BCUT2D eigenvalue weighted by molar-refractivity contribution is 9.10. The number of nitrogens with one attached hydrogen (secondary N) is 1. The van der Waals surface area contributed by atoms with E-state index in [1.165, 1.54) is 0 Å². The van der Waals surface area contributed by atoms with Gasteiger partial charge in [-0.15, -0.1) is 0 Å². The molecule has 3 N–H and O–H groups in total. The first kappa shape index (κ1) is 14.8. The van der Waals surface area contributed by atoms with Gasteiger partial charge in [0.25, 0.3) is 5.91 Å². The number of hydrogen-bond donors (Lipinski definition) is 2. The van der Waals surface area contributed by atoms with E-state index in [1.807, 2.05) is 4.57 Å². The van der Waals surface area contributed by atoms with E-state index in [9.17, 15) is 4.79 Å². The first-order valence-corrected chi connectivity index (χ1v) is 7.94. The predicted octanol–water partition coefficient (Wildman–Crippen LogP) is 4.73. The highest BCUT2D eigenvalue weighted by atomic mass is 79.9. The van der Waals surface area contributed by atoms with E-state index in [1.54, 1.807) is 24.4 Å². The molecule has 1 aliphatic carbocycles. The molecule has 0 bridgehead atoms. The molecule has 1 heterocycles. The molecular formula is C14H12BrCl2N3O. The molecule has 1 saturated carbocycles. The molecule has 1 aromatic carbocycles. The lowest BCUT2D eigenvalue weighted by molar-refractivity contribution is 0.101. The first-order valence-electron chi connectivity index (χ1n) is 6.39. The van der Waals surface area contributed by atoms with Crippen LogP contribution in [0.25, 0.3) is 0 Å². The number of carbonyl (C=O) groups is 1. The Hall–Kier alpha value is -1.17. The average molecular weight is 389 g/mol. The molecule has 0 atom stereocenters. The number of hydrogen-bond acceptors (Lipinski definition) is 2. The van der Waals surface area contributed by atoms with Crippen LogP contribution in [0.2, 0.25) is 10.0 Å². The number of nitrogens with two attached hydrogens (primary N) is 1. The molecular weight excluding hydrogens is 377 g/mol. The first-order chi connectivity index (χ1) is 9.95. The van der Waals surface area contributed by atoms with Crippen molar-refractivity contribution in [1.29, 1.82) is 0 Å². The molecule has 21 heavy (non-hydrogen) atoms. The van der Waals surface area contributed by atoms with Gasteiger partial charge >= 0.3 is 0 Å². The maximum atomic E-state index is 12.5. The fourth-order valence-electron chi connectivity index (χ4n) is 2.18. The summed E-state index contributed by atoms with van der Waals surface area (Å²) in [7, 11) is 0. The Morgan fingerprint density at radius 2 is 1.90 bits per heavy atom. The van der Waals surface area contributed by atoms with Gasteiger partial charge in [-0.1, -0.05) is 39.1 Å². The van der Waals surface area contributed by atoms with E-state index in [4.69, 9.17) is 28.9 Å². The van der Waals surface area contributed by atoms with Crippen LogP contribution in [0.5, 0.6) is 0 Å². The average Bonchev–Trinajstić information content (AvgIpc) is 3.16. The largest absolute Gasteiger partial charge is 0.397 e. The molecule has 3 rings (SSSR count). The van der Waals surface area contributed by atoms with E-state index in [2.05, 4.69) is 21.2 Å². The minimum Gasteiger partial charge on any atom is -0.397 e. The van der Waals surface area contributed by atoms with Crippen molar-refractivity contribution >= 4 is 56.4 Å². The predicted molar refractivity (Wildman–Crippen MR) is 89.2 cm³/mol. The Kier molecular flexibility index (Phi) is 3.90. The molecule has 2 aromatic rings. The minimum atomic E-state index is -0.273. The standard InChI is InChI=1S/C14H12BrCl2N3O/c15-7-3-10(16)13(11(17)4-7)19-14(21)12-5-8(18)6-20(12)9-1-2-9/h3-6,9H,1-2,18H2,(H,19,21). The van der Waals surface area contributed by atoms with Gasteiger partial charge in [0.05, 0.1) is 21.4 Å². The monoisotopic (exact) mass is 387 g/mol. The Labute approximate surface area is 140 Å². The maximum absolute atomic E-state index is 12.5. The molecule has 0 spiro atoms. The fraction of sp³-hybridized carbons (Fsp3) is 0.214. The van der Waals surface area contributed by atoms with Crippen LogP contribution in [0.15, 0.2) is 28.9 Å². The normalized spacial score (nSPS) is 14.2. The summed E-state index contributed by atoms with van der Waals surface area (Å²) in [5.41, 5.74) is 7.28. The van der Waals surface area contributed by atoms with Crippen LogP contribution in [0.4, 0.5) is 11.4 Å². The number of anilines is 2. The van der Waals surface area contributed by atoms with Crippen LogP contribution in [0.1, 0.15) is 29.4 Å². The third-order valence-corrected chi connectivity index (χ3v) is 4.34. The molecule has 1 fully saturated rings. The van der Waals surface area contributed by atoms with E-state index in [0.29, 0.717) is 33.2 Å². The van der Waals surface area contributed by atoms with Crippen molar-refractivity contribution in [3.05, 3.63) is 44.6 Å². The second kappa shape index (κ2) is 5.55. The molecule has 110 valence electrons. The van der Waals surface area contributed by atoms with E-state index >= 15 is 0 Å². The second-order valence-corrected chi connectivity index (χ2v) is 6.73. The molecule has 7 heteroatoms. The van der Waals surface area contributed by atoms with Gasteiger partial charge < -0.3 is 15.6 Å². The lowest BCUT2D eigenvalue weighted by Crippen LogP contribution is -2.16. The second-order valence-electron chi connectivity index (χ2n) is 5.00. The zero-order valence-electron chi connectivity index (χ0n) is 10.9. The van der Waals surface area contributed by atoms with Crippen LogP contribution in [-0.2, 0) is 0 Å². The zero-order chi connectivity index (χ0) is 15.1. The zero-order valence-corrected chi connectivity index (χ0v) is 14.0. The molecule has 0 radical (unpaired) electrons. The quantitative estimate of drug-likeness (QED) is 0.798. The summed E-state index contributed by atoms with van der Waals surface area (Å²) in [6.45, 7) is 0. The number of halogens is 3. The summed E-state index contributed by atoms with van der Waals surface area (Å²) in [5.74, 6) is -0.273. The van der Waals surface area contributed by atoms with Gasteiger partial charge in [-0.3, -0.25) is 4.79 Å². The summed E-state index contributed by atoms with van der Waals surface area (Å²) in [6.07, 6.45) is 3.92. The molecule has 1 aromatic heterocycles. The SMILES string of the molecule is Nc1cc(C(=O)Nc2c(Cl)cc(Br)cc2Cl)n(C2CC2)c1. The van der Waals surface area contributed by atoms with E-state index in [-0.39, 0.29) is 5.91 Å². The van der Waals surface area contributed by atoms with Crippen molar-refractivity contribution in [3.8, 4) is 0 Å². The van der Waals surface area contributed by atoms with Crippen molar-refractivity contribution in [2.24, 2.45) is 0 Å². The molecule has 0 unspecified atom stereocenters. The van der Waals surface area contributed by atoms with Crippen LogP contribution in [-0.4, -0.2) is 10.5 Å². The van der Waals surface area contributed by atoms with Crippen LogP contribution in [0.3, 0.4) is 0 Å². The summed E-state index contributed by atoms with van der Waals surface area (Å²) in [6, 6.07) is 5.38. The summed E-state index contributed by atoms with van der Waals surface area (Å²) < 4.78 is 2.66. The summed E-state index contributed by atoms with van der Waals surface area (Å²) >= 11 is 15.5. The van der Waals surface area contributed by atoms with Crippen molar-refractivity contribution in [1.82, 2.24) is 4.57 Å². The fourth-order valence-corrected chi connectivity index (χ4v) is 3.48. The van der Waals surface area contributed by atoms with Crippen LogP contribution >= 0.6 is 39.1 Å².